The van der Waals surface area contributed by atoms with E-state index in [9.17, 15) is 13.6 Å². The molecule has 1 aromatic heterocycles. The summed E-state index contributed by atoms with van der Waals surface area (Å²) in [5.74, 6) is -0.481. The summed E-state index contributed by atoms with van der Waals surface area (Å²) in [7, 11) is 0. The molecule has 1 amide bonds. The molecule has 8 heteroatoms. The van der Waals surface area contributed by atoms with Crippen molar-refractivity contribution in [3.05, 3.63) is 76.4 Å². The van der Waals surface area contributed by atoms with E-state index in [1.165, 1.54) is 18.2 Å². The summed E-state index contributed by atoms with van der Waals surface area (Å²) in [6.45, 7) is -2.47. The van der Waals surface area contributed by atoms with E-state index in [1.807, 2.05) is 30.3 Å². The van der Waals surface area contributed by atoms with Gasteiger partial charge >= 0.3 is 6.61 Å². The summed E-state index contributed by atoms with van der Waals surface area (Å²) >= 11 is 3.21. The van der Waals surface area contributed by atoms with Crippen LogP contribution in [0.5, 0.6) is 5.75 Å². The van der Waals surface area contributed by atoms with Crippen LogP contribution in [-0.2, 0) is 6.54 Å². The summed E-state index contributed by atoms with van der Waals surface area (Å²) in [6.07, 6.45) is 1.72. The Balaban J connectivity index is 1.73. The number of ether oxygens (including phenoxy) is 1. The summed E-state index contributed by atoms with van der Waals surface area (Å²) < 4.78 is 31.7. The van der Waals surface area contributed by atoms with Gasteiger partial charge in [0.15, 0.2) is 5.82 Å². The first kappa shape index (κ1) is 18.1. The maximum Gasteiger partial charge on any atom is 0.387 e. The fourth-order valence-electron chi connectivity index (χ4n) is 2.35. The molecule has 3 aromatic rings. The number of carbonyl (C=O) groups excluding carboxylic acids is 1. The van der Waals surface area contributed by atoms with Gasteiger partial charge in [0.1, 0.15) is 5.75 Å². The highest BCUT2D eigenvalue weighted by Gasteiger charge is 2.17. The molecular weight excluding hydrogens is 408 g/mol. The minimum absolute atomic E-state index is 0.0164. The first-order valence-electron chi connectivity index (χ1n) is 7.64. The number of halogens is 3. The van der Waals surface area contributed by atoms with Gasteiger partial charge in [0, 0.05) is 16.7 Å². The van der Waals surface area contributed by atoms with Crippen LogP contribution in [0.4, 0.5) is 14.6 Å². The van der Waals surface area contributed by atoms with E-state index in [0.717, 1.165) is 5.56 Å². The van der Waals surface area contributed by atoms with Crippen molar-refractivity contribution in [2.75, 3.05) is 5.32 Å². The van der Waals surface area contributed by atoms with Gasteiger partial charge < -0.3 is 10.1 Å². The highest BCUT2D eigenvalue weighted by Crippen LogP contribution is 2.25. The summed E-state index contributed by atoms with van der Waals surface area (Å²) in [5.41, 5.74) is 1.05. The van der Waals surface area contributed by atoms with Crippen LogP contribution in [0.3, 0.4) is 0 Å². The number of hydrogen-bond donors (Lipinski definition) is 1. The Morgan fingerprint density at radius 1 is 1.19 bits per heavy atom. The zero-order valence-electron chi connectivity index (χ0n) is 13.4. The molecule has 2 aromatic carbocycles. The molecule has 0 aliphatic carbocycles. The van der Waals surface area contributed by atoms with Crippen molar-refractivity contribution in [2.24, 2.45) is 0 Å². The minimum atomic E-state index is -3.02. The van der Waals surface area contributed by atoms with Gasteiger partial charge in [0.05, 0.1) is 12.1 Å². The molecule has 0 spiro atoms. The maximum absolute atomic E-state index is 12.5. The van der Waals surface area contributed by atoms with E-state index < -0.39 is 12.5 Å². The van der Waals surface area contributed by atoms with Gasteiger partial charge in [-0.1, -0.05) is 46.3 Å². The van der Waals surface area contributed by atoms with Crippen molar-refractivity contribution in [3.63, 3.8) is 0 Å². The molecule has 1 heterocycles. The molecule has 0 aliphatic heterocycles. The number of nitrogens with zero attached hydrogens (tertiary/aromatic N) is 2. The van der Waals surface area contributed by atoms with Crippen LogP contribution in [0, 0.1) is 0 Å². The molecule has 5 nitrogen and oxygen atoms in total. The number of amides is 1. The molecule has 0 radical (unpaired) electrons. The topological polar surface area (TPSA) is 56.2 Å². The molecule has 1 N–H and O–H groups in total. The number of anilines is 1. The number of nitrogens with one attached hydrogen (secondary N) is 1. The van der Waals surface area contributed by atoms with Crippen LogP contribution in [0.15, 0.2) is 65.3 Å². The van der Waals surface area contributed by atoms with Gasteiger partial charge in [0.25, 0.3) is 5.91 Å². The second-order valence-corrected chi connectivity index (χ2v) is 6.27. The Morgan fingerprint density at radius 3 is 2.69 bits per heavy atom. The predicted octanol–water partition coefficient (Wildman–Crippen LogP) is 4.55. The third-order valence-corrected chi connectivity index (χ3v) is 3.97. The fourth-order valence-corrected chi connectivity index (χ4v) is 2.71. The Bertz CT molecular complexity index is 900. The predicted molar refractivity (Wildman–Crippen MR) is 96.5 cm³/mol. The smallest absolute Gasteiger partial charge is 0.387 e. The lowest BCUT2D eigenvalue weighted by molar-refractivity contribution is -0.0501. The number of aromatic nitrogens is 2. The molecule has 0 atom stereocenters. The Labute approximate surface area is 156 Å². The van der Waals surface area contributed by atoms with Gasteiger partial charge in [-0.15, -0.1) is 0 Å². The molecule has 0 bridgehead atoms. The van der Waals surface area contributed by atoms with Crippen LogP contribution in [0.25, 0.3) is 0 Å². The molecule has 26 heavy (non-hydrogen) atoms. The van der Waals surface area contributed by atoms with E-state index in [0.29, 0.717) is 16.8 Å². The van der Waals surface area contributed by atoms with Crippen molar-refractivity contribution >= 4 is 27.7 Å². The van der Waals surface area contributed by atoms with Crippen LogP contribution in [0.2, 0.25) is 0 Å². The van der Waals surface area contributed by atoms with E-state index in [2.05, 4.69) is 31.1 Å². The lowest BCUT2D eigenvalue weighted by Gasteiger charge is -2.10. The first-order chi connectivity index (χ1) is 12.5. The molecule has 0 saturated carbocycles. The number of rotatable bonds is 6. The third-order valence-electron chi connectivity index (χ3n) is 3.47. The largest absolute Gasteiger partial charge is 0.434 e. The highest BCUT2D eigenvalue weighted by molar-refractivity contribution is 9.10. The molecule has 0 aliphatic rings. The fraction of sp³-hybridized carbons (Fsp3) is 0.111. The average Bonchev–Trinajstić information content (AvgIpc) is 3.03. The molecular formula is C18H14BrF2N3O2. The van der Waals surface area contributed by atoms with Crippen LogP contribution in [-0.4, -0.2) is 22.3 Å². The van der Waals surface area contributed by atoms with E-state index in [-0.39, 0.29) is 11.3 Å². The lowest BCUT2D eigenvalue weighted by atomic mass is 10.2. The van der Waals surface area contributed by atoms with Crippen molar-refractivity contribution in [3.8, 4) is 5.75 Å². The second-order valence-electron chi connectivity index (χ2n) is 5.36. The van der Waals surface area contributed by atoms with Gasteiger partial charge in [-0.3, -0.25) is 9.48 Å². The van der Waals surface area contributed by atoms with Gasteiger partial charge in [-0.2, -0.15) is 13.9 Å². The monoisotopic (exact) mass is 421 g/mol. The number of hydrogen-bond acceptors (Lipinski definition) is 3. The summed E-state index contributed by atoms with van der Waals surface area (Å²) in [4.78, 5) is 12.4. The van der Waals surface area contributed by atoms with E-state index >= 15 is 0 Å². The van der Waals surface area contributed by atoms with Crippen molar-refractivity contribution in [2.45, 2.75) is 13.2 Å². The summed E-state index contributed by atoms with van der Waals surface area (Å²) in [5, 5.41) is 6.86. The third kappa shape index (κ3) is 4.66. The standard InChI is InChI=1S/C18H14BrF2N3O2/c19-13-6-7-15(26-18(20)21)14(10-13)17(25)22-16-8-9-24(23-16)11-12-4-2-1-3-5-12/h1-10,18H,11H2,(H,22,23,25). The number of carbonyl (C=O) groups is 1. The average molecular weight is 422 g/mol. The minimum Gasteiger partial charge on any atom is -0.434 e. The van der Waals surface area contributed by atoms with Gasteiger partial charge in [-0.25, -0.2) is 0 Å². The molecule has 134 valence electrons. The Morgan fingerprint density at radius 2 is 1.96 bits per heavy atom. The first-order valence-corrected chi connectivity index (χ1v) is 8.43. The quantitative estimate of drug-likeness (QED) is 0.635. The van der Waals surface area contributed by atoms with Crippen LogP contribution in [0.1, 0.15) is 15.9 Å². The van der Waals surface area contributed by atoms with Gasteiger partial charge in [-0.05, 0) is 23.8 Å². The van der Waals surface area contributed by atoms with Crippen molar-refractivity contribution in [1.29, 1.82) is 0 Å². The van der Waals surface area contributed by atoms with Crippen molar-refractivity contribution < 1.29 is 18.3 Å². The molecule has 0 fully saturated rings. The van der Waals surface area contributed by atoms with E-state index in [1.54, 1.807) is 16.9 Å². The number of alkyl halides is 2. The lowest BCUT2D eigenvalue weighted by Crippen LogP contribution is -2.15. The van der Waals surface area contributed by atoms with Crippen LogP contribution < -0.4 is 10.1 Å². The zero-order chi connectivity index (χ0) is 18.5. The molecule has 0 unspecified atom stereocenters. The highest BCUT2D eigenvalue weighted by atomic mass is 79.9. The Hall–Kier alpha value is -2.74. The Kier molecular flexibility index (Phi) is 5.62. The zero-order valence-corrected chi connectivity index (χ0v) is 15.0. The van der Waals surface area contributed by atoms with Gasteiger partial charge in [0.2, 0.25) is 0 Å². The maximum atomic E-state index is 12.5. The second kappa shape index (κ2) is 8.09. The summed E-state index contributed by atoms with van der Waals surface area (Å²) in [6, 6.07) is 15.6. The molecule has 0 saturated heterocycles. The van der Waals surface area contributed by atoms with Crippen molar-refractivity contribution in [1.82, 2.24) is 9.78 Å². The SMILES string of the molecule is O=C(Nc1ccn(Cc2ccccc2)n1)c1cc(Br)ccc1OC(F)F. The normalized spacial score (nSPS) is 10.8. The number of benzene rings is 2. The van der Waals surface area contributed by atoms with E-state index in [4.69, 9.17) is 0 Å². The molecule has 3 rings (SSSR count). The van der Waals surface area contributed by atoms with Crippen LogP contribution >= 0.6 is 15.9 Å².